The quantitative estimate of drug-likeness (QED) is 0.881. The molecule has 0 unspecified atom stereocenters. The Hall–Kier alpha value is -2.52. The molecule has 0 aliphatic heterocycles. The summed E-state index contributed by atoms with van der Waals surface area (Å²) in [6.07, 6.45) is 0. The van der Waals surface area contributed by atoms with Crippen LogP contribution in [0.15, 0.2) is 47.4 Å². The van der Waals surface area contributed by atoms with E-state index < -0.39 is 10.0 Å². The Morgan fingerprint density at radius 3 is 2.48 bits per heavy atom. The van der Waals surface area contributed by atoms with Crippen molar-refractivity contribution in [2.75, 3.05) is 17.1 Å². The van der Waals surface area contributed by atoms with E-state index in [1.54, 1.807) is 37.3 Å². The molecule has 0 heterocycles. The largest absolute Gasteiger partial charge is 0.399 e. The Bertz CT molecular complexity index is 823. The topological polar surface area (TPSA) is 87.2 Å². The van der Waals surface area contributed by atoms with Gasteiger partial charge in [-0.25, -0.2) is 8.42 Å². The number of hydrogen-bond acceptors (Lipinski definition) is 4. The number of nitrogen functional groups attached to an aromatic ring is 1. The number of hydrogen-bond donors (Lipinski definition) is 1. The highest BCUT2D eigenvalue weighted by atomic mass is 32.2. The van der Waals surface area contributed by atoms with Crippen LogP contribution in [-0.2, 0) is 10.0 Å². The molecule has 0 fully saturated rings. The molecule has 5 nitrogen and oxygen atoms in total. The molecular formula is C15H15N3O2S. The molecule has 0 spiro atoms. The zero-order chi connectivity index (χ0) is 15.6. The van der Waals surface area contributed by atoms with Crippen molar-refractivity contribution in [3.05, 3.63) is 53.6 Å². The van der Waals surface area contributed by atoms with Gasteiger partial charge in [-0.2, -0.15) is 5.26 Å². The van der Waals surface area contributed by atoms with Gasteiger partial charge in [0.15, 0.2) is 0 Å². The molecule has 6 heteroatoms. The predicted octanol–water partition coefficient (Wildman–Crippen LogP) is 2.27. The molecule has 21 heavy (non-hydrogen) atoms. The predicted molar refractivity (Wildman–Crippen MR) is 82.3 cm³/mol. The van der Waals surface area contributed by atoms with E-state index in [1.165, 1.54) is 19.2 Å². The minimum atomic E-state index is -3.74. The number of nitriles is 1. The number of aryl methyl sites for hydroxylation is 1. The summed E-state index contributed by atoms with van der Waals surface area (Å²) in [5.74, 6) is 0. The van der Waals surface area contributed by atoms with Gasteiger partial charge in [-0.1, -0.05) is 12.1 Å². The first-order chi connectivity index (χ1) is 9.87. The zero-order valence-corrected chi connectivity index (χ0v) is 12.6. The first kappa shape index (κ1) is 14.9. The lowest BCUT2D eigenvalue weighted by molar-refractivity contribution is 0.594. The minimum Gasteiger partial charge on any atom is -0.399 e. The Kier molecular flexibility index (Phi) is 3.87. The summed E-state index contributed by atoms with van der Waals surface area (Å²) in [6.45, 7) is 1.75. The summed E-state index contributed by atoms with van der Waals surface area (Å²) in [6, 6.07) is 13.1. The average molecular weight is 301 g/mol. The molecule has 108 valence electrons. The number of anilines is 2. The van der Waals surface area contributed by atoms with Crippen LogP contribution in [0.3, 0.4) is 0 Å². The van der Waals surface area contributed by atoms with Gasteiger partial charge < -0.3 is 5.73 Å². The molecule has 0 saturated carbocycles. The van der Waals surface area contributed by atoms with Gasteiger partial charge in [-0.3, -0.25) is 4.31 Å². The maximum absolute atomic E-state index is 12.6. The van der Waals surface area contributed by atoms with E-state index in [-0.39, 0.29) is 4.90 Å². The van der Waals surface area contributed by atoms with Gasteiger partial charge in [0, 0.05) is 12.7 Å². The van der Waals surface area contributed by atoms with Crippen molar-refractivity contribution in [2.24, 2.45) is 0 Å². The standard InChI is InChI=1S/C15H15N3O2S/c1-11-9-13(7-8-14(11)17)21(19,20)18(2)15-6-4-3-5-12(15)10-16/h3-9H,17H2,1-2H3. The van der Waals surface area contributed by atoms with E-state index >= 15 is 0 Å². The highest BCUT2D eigenvalue weighted by Gasteiger charge is 2.23. The van der Waals surface area contributed by atoms with Gasteiger partial charge in [-0.15, -0.1) is 0 Å². The maximum Gasteiger partial charge on any atom is 0.264 e. The Morgan fingerprint density at radius 1 is 1.19 bits per heavy atom. The molecule has 0 amide bonds. The lowest BCUT2D eigenvalue weighted by Crippen LogP contribution is -2.27. The van der Waals surface area contributed by atoms with Crippen LogP contribution in [0.4, 0.5) is 11.4 Å². The van der Waals surface area contributed by atoms with Crippen molar-refractivity contribution >= 4 is 21.4 Å². The Labute approximate surface area is 124 Å². The highest BCUT2D eigenvalue weighted by Crippen LogP contribution is 2.26. The third kappa shape index (κ3) is 2.69. The minimum absolute atomic E-state index is 0.143. The second-order valence-electron chi connectivity index (χ2n) is 4.62. The first-order valence-electron chi connectivity index (χ1n) is 6.22. The van der Waals surface area contributed by atoms with Crippen LogP contribution in [0.25, 0.3) is 0 Å². The second-order valence-corrected chi connectivity index (χ2v) is 6.59. The lowest BCUT2D eigenvalue weighted by atomic mass is 10.2. The third-order valence-electron chi connectivity index (χ3n) is 3.26. The molecular weight excluding hydrogens is 286 g/mol. The number of para-hydroxylation sites is 1. The van der Waals surface area contributed by atoms with Gasteiger partial charge in [0.1, 0.15) is 6.07 Å². The second kappa shape index (κ2) is 5.46. The average Bonchev–Trinajstić information content (AvgIpc) is 2.49. The van der Waals surface area contributed by atoms with Crippen LogP contribution in [-0.4, -0.2) is 15.5 Å². The van der Waals surface area contributed by atoms with Crippen molar-refractivity contribution in [3.8, 4) is 6.07 Å². The summed E-state index contributed by atoms with van der Waals surface area (Å²) in [4.78, 5) is 0.143. The number of benzene rings is 2. The normalized spacial score (nSPS) is 10.9. The lowest BCUT2D eigenvalue weighted by Gasteiger charge is -2.21. The number of nitrogens with two attached hydrogens (primary N) is 1. The number of nitrogens with zero attached hydrogens (tertiary/aromatic N) is 2. The summed E-state index contributed by atoms with van der Waals surface area (Å²) >= 11 is 0. The zero-order valence-electron chi connectivity index (χ0n) is 11.7. The summed E-state index contributed by atoms with van der Waals surface area (Å²) in [7, 11) is -2.31. The summed E-state index contributed by atoms with van der Waals surface area (Å²) in [5.41, 5.74) is 7.59. The molecule has 0 bridgehead atoms. The van der Waals surface area contributed by atoms with Crippen molar-refractivity contribution in [1.82, 2.24) is 0 Å². The Balaban J connectivity index is 2.53. The SMILES string of the molecule is Cc1cc(S(=O)(=O)N(C)c2ccccc2C#N)ccc1N. The van der Waals surface area contributed by atoms with Crippen LogP contribution in [0.5, 0.6) is 0 Å². The maximum atomic E-state index is 12.6. The van der Waals surface area contributed by atoms with Gasteiger partial charge in [0.05, 0.1) is 16.1 Å². The van der Waals surface area contributed by atoms with E-state index in [0.717, 1.165) is 4.31 Å². The van der Waals surface area contributed by atoms with Gasteiger partial charge in [0.2, 0.25) is 0 Å². The molecule has 0 radical (unpaired) electrons. The fourth-order valence-electron chi connectivity index (χ4n) is 1.94. The molecule has 2 N–H and O–H groups in total. The molecule has 2 aromatic rings. The monoisotopic (exact) mass is 301 g/mol. The van der Waals surface area contributed by atoms with Crippen molar-refractivity contribution in [3.63, 3.8) is 0 Å². The third-order valence-corrected chi connectivity index (χ3v) is 5.03. The Morgan fingerprint density at radius 2 is 1.86 bits per heavy atom. The first-order valence-corrected chi connectivity index (χ1v) is 7.66. The molecule has 0 aliphatic carbocycles. The van der Waals surface area contributed by atoms with E-state index in [1.807, 2.05) is 6.07 Å². The molecule has 0 aliphatic rings. The smallest absolute Gasteiger partial charge is 0.264 e. The van der Waals surface area contributed by atoms with E-state index in [0.29, 0.717) is 22.5 Å². The van der Waals surface area contributed by atoms with Gasteiger partial charge >= 0.3 is 0 Å². The fourth-order valence-corrected chi connectivity index (χ4v) is 3.24. The summed E-state index contributed by atoms with van der Waals surface area (Å²) in [5, 5.41) is 9.10. The molecule has 0 atom stereocenters. The molecule has 2 aromatic carbocycles. The van der Waals surface area contributed by atoms with E-state index in [2.05, 4.69) is 0 Å². The van der Waals surface area contributed by atoms with Crippen LogP contribution in [0.1, 0.15) is 11.1 Å². The number of sulfonamides is 1. The van der Waals surface area contributed by atoms with Gasteiger partial charge in [-0.05, 0) is 42.8 Å². The van der Waals surface area contributed by atoms with E-state index in [4.69, 9.17) is 11.0 Å². The summed E-state index contributed by atoms with van der Waals surface area (Å²) < 4.78 is 26.4. The molecule has 0 aromatic heterocycles. The van der Waals surface area contributed by atoms with Crippen molar-refractivity contribution in [2.45, 2.75) is 11.8 Å². The van der Waals surface area contributed by atoms with Gasteiger partial charge in [0.25, 0.3) is 10.0 Å². The van der Waals surface area contributed by atoms with E-state index in [9.17, 15) is 8.42 Å². The molecule has 0 saturated heterocycles. The van der Waals surface area contributed by atoms with Crippen molar-refractivity contribution < 1.29 is 8.42 Å². The number of rotatable bonds is 3. The van der Waals surface area contributed by atoms with Crippen molar-refractivity contribution in [1.29, 1.82) is 5.26 Å². The highest BCUT2D eigenvalue weighted by molar-refractivity contribution is 7.92. The van der Waals surface area contributed by atoms with Crippen LogP contribution >= 0.6 is 0 Å². The van der Waals surface area contributed by atoms with Crippen LogP contribution < -0.4 is 10.0 Å². The van der Waals surface area contributed by atoms with Crippen LogP contribution in [0.2, 0.25) is 0 Å². The molecule has 2 rings (SSSR count). The fraction of sp³-hybridized carbons (Fsp3) is 0.133. The van der Waals surface area contributed by atoms with Crippen LogP contribution in [0, 0.1) is 18.3 Å².